The zero-order chi connectivity index (χ0) is 18.7. The monoisotopic (exact) mass is 354 g/mol. The Labute approximate surface area is 152 Å². The lowest BCUT2D eigenvalue weighted by Crippen LogP contribution is -2.14. The first-order chi connectivity index (χ1) is 12.5. The molecule has 1 atom stereocenters. The summed E-state index contributed by atoms with van der Waals surface area (Å²) in [5.74, 6) is 1.83. The van der Waals surface area contributed by atoms with Gasteiger partial charge in [0, 0.05) is 28.9 Å². The summed E-state index contributed by atoms with van der Waals surface area (Å²) >= 11 is 0. The van der Waals surface area contributed by atoms with Crippen molar-refractivity contribution in [3.8, 4) is 17.2 Å². The summed E-state index contributed by atoms with van der Waals surface area (Å²) in [5.41, 5.74) is 3.07. The summed E-state index contributed by atoms with van der Waals surface area (Å²) in [7, 11) is 4.78. The second-order valence-electron chi connectivity index (χ2n) is 5.95. The van der Waals surface area contributed by atoms with E-state index in [9.17, 15) is 4.79 Å². The van der Waals surface area contributed by atoms with Gasteiger partial charge >= 0.3 is 0 Å². The van der Waals surface area contributed by atoms with Crippen LogP contribution in [0.2, 0.25) is 0 Å². The van der Waals surface area contributed by atoms with Gasteiger partial charge in [-0.1, -0.05) is 0 Å². The predicted octanol–water partition coefficient (Wildman–Crippen LogP) is 3.55. The highest BCUT2D eigenvalue weighted by atomic mass is 16.5. The summed E-state index contributed by atoms with van der Waals surface area (Å²) in [4.78, 5) is 12.4. The fourth-order valence-electron chi connectivity index (χ4n) is 2.92. The molecule has 1 heterocycles. The second-order valence-corrected chi connectivity index (χ2v) is 5.95. The van der Waals surface area contributed by atoms with E-state index < -0.39 is 0 Å². The summed E-state index contributed by atoms with van der Waals surface area (Å²) in [6.45, 7) is 1.99. The van der Waals surface area contributed by atoms with E-state index in [1.807, 2.05) is 43.3 Å². The molecule has 26 heavy (non-hydrogen) atoms. The highest BCUT2D eigenvalue weighted by Gasteiger charge is 2.27. The van der Waals surface area contributed by atoms with Crippen LogP contribution in [-0.2, 0) is 4.79 Å². The Kier molecular flexibility index (Phi) is 5.02. The van der Waals surface area contributed by atoms with E-state index in [1.165, 1.54) is 0 Å². The molecule has 2 N–H and O–H groups in total. The van der Waals surface area contributed by atoms with Crippen molar-refractivity contribution in [3.05, 3.63) is 48.0 Å². The molecular formula is C20H22N2O4. The van der Waals surface area contributed by atoms with E-state index in [0.717, 1.165) is 22.7 Å². The molecule has 1 aliphatic heterocycles. The molecule has 0 spiro atoms. The number of fused-ring (bicyclic) bond motifs is 1. The first kappa shape index (κ1) is 17.7. The number of hydrogen-bond acceptors (Lipinski definition) is 5. The van der Waals surface area contributed by atoms with Crippen molar-refractivity contribution < 1.29 is 19.0 Å². The second kappa shape index (κ2) is 7.39. The van der Waals surface area contributed by atoms with Crippen LogP contribution < -0.4 is 24.8 Å². The summed E-state index contributed by atoms with van der Waals surface area (Å²) in [6, 6.07) is 11.2. The standard InChI is InChI=1S/C20H22N2O4/c1-12(21-13-5-7-14(24-2)8-6-13)9-16-15-10-18(25-3)19(26-4)11-17(15)22-20(16)23/h5-12,21H,1-4H3,(H,22,23). The van der Waals surface area contributed by atoms with Crippen molar-refractivity contribution in [2.24, 2.45) is 0 Å². The van der Waals surface area contributed by atoms with Gasteiger partial charge in [0.05, 0.1) is 27.0 Å². The van der Waals surface area contributed by atoms with Crippen LogP contribution in [0.5, 0.6) is 17.2 Å². The molecule has 136 valence electrons. The number of amides is 1. The van der Waals surface area contributed by atoms with Gasteiger partial charge in [-0.05, 0) is 43.3 Å². The Morgan fingerprint density at radius 3 is 2.27 bits per heavy atom. The lowest BCUT2D eigenvalue weighted by atomic mass is 10.0. The third kappa shape index (κ3) is 3.44. The maximum Gasteiger partial charge on any atom is 0.256 e. The van der Waals surface area contributed by atoms with Crippen LogP contribution in [0.15, 0.2) is 42.5 Å². The normalized spacial score (nSPS) is 15.2. The van der Waals surface area contributed by atoms with Crippen LogP contribution in [0, 0.1) is 0 Å². The Bertz CT molecular complexity index is 844. The first-order valence-electron chi connectivity index (χ1n) is 8.26. The van der Waals surface area contributed by atoms with Crippen molar-refractivity contribution in [3.63, 3.8) is 0 Å². The third-order valence-electron chi connectivity index (χ3n) is 4.21. The van der Waals surface area contributed by atoms with Crippen LogP contribution in [0.25, 0.3) is 5.57 Å². The number of methoxy groups -OCH3 is 3. The van der Waals surface area contributed by atoms with Crippen molar-refractivity contribution in [1.29, 1.82) is 0 Å². The lowest BCUT2D eigenvalue weighted by molar-refractivity contribution is -0.110. The molecule has 2 aromatic rings. The molecule has 0 radical (unpaired) electrons. The number of ether oxygens (including phenoxy) is 3. The Hall–Kier alpha value is -3.15. The van der Waals surface area contributed by atoms with E-state index in [2.05, 4.69) is 10.6 Å². The highest BCUT2D eigenvalue weighted by Crippen LogP contribution is 2.40. The van der Waals surface area contributed by atoms with Crippen LogP contribution >= 0.6 is 0 Å². The molecule has 1 amide bonds. The molecule has 2 aromatic carbocycles. The average Bonchev–Trinajstić information content (AvgIpc) is 2.95. The summed E-state index contributed by atoms with van der Waals surface area (Å²) < 4.78 is 15.8. The van der Waals surface area contributed by atoms with E-state index in [0.29, 0.717) is 17.1 Å². The maximum absolute atomic E-state index is 12.4. The van der Waals surface area contributed by atoms with Gasteiger partial charge in [0.2, 0.25) is 0 Å². The number of carbonyl (C=O) groups is 1. The Morgan fingerprint density at radius 2 is 1.65 bits per heavy atom. The van der Waals surface area contributed by atoms with Crippen LogP contribution in [0.3, 0.4) is 0 Å². The molecule has 0 aliphatic carbocycles. The van der Waals surface area contributed by atoms with Crippen molar-refractivity contribution >= 4 is 22.9 Å². The summed E-state index contributed by atoms with van der Waals surface area (Å²) in [5, 5.41) is 6.23. The molecule has 6 nitrogen and oxygen atoms in total. The molecular weight excluding hydrogens is 332 g/mol. The van der Waals surface area contributed by atoms with Crippen molar-refractivity contribution in [2.45, 2.75) is 13.0 Å². The minimum Gasteiger partial charge on any atom is -0.497 e. The van der Waals surface area contributed by atoms with E-state index in [1.54, 1.807) is 27.4 Å². The van der Waals surface area contributed by atoms with Crippen molar-refractivity contribution in [1.82, 2.24) is 0 Å². The van der Waals surface area contributed by atoms with E-state index in [-0.39, 0.29) is 11.9 Å². The van der Waals surface area contributed by atoms with Gasteiger partial charge in [-0.3, -0.25) is 4.79 Å². The van der Waals surface area contributed by atoms with E-state index >= 15 is 0 Å². The number of carbonyl (C=O) groups excluding carboxylic acids is 1. The summed E-state index contributed by atoms with van der Waals surface area (Å²) in [6.07, 6.45) is 1.90. The topological polar surface area (TPSA) is 68.8 Å². The maximum atomic E-state index is 12.4. The molecule has 0 bridgehead atoms. The number of anilines is 2. The van der Waals surface area contributed by atoms with Crippen molar-refractivity contribution in [2.75, 3.05) is 32.0 Å². The van der Waals surface area contributed by atoms with Crippen LogP contribution in [0.1, 0.15) is 12.5 Å². The zero-order valence-corrected chi connectivity index (χ0v) is 15.3. The third-order valence-corrected chi connectivity index (χ3v) is 4.21. The van der Waals surface area contributed by atoms with Crippen LogP contribution in [-0.4, -0.2) is 33.3 Å². The predicted molar refractivity (Wildman–Crippen MR) is 102 cm³/mol. The highest BCUT2D eigenvalue weighted by molar-refractivity contribution is 6.31. The molecule has 0 fully saturated rings. The van der Waals surface area contributed by atoms with Gasteiger partial charge in [-0.2, -0.15) is 0 Å². The number of benzene rings is 2. The van der Waals surface area contributed by atoms with Gasteiger partial charge in [0.1, 0.15) is 5.75 Å². The van der Waals surface area contributed by atoms with Crippen LogP contribution in [0.4, 0.5) is 11.4 Å². The minimum absolute atomic E-state index is 0.0526. The van der Waals surface area contributed by atoms with Gasteiger partial charge in [0.15, 0.2) is 11.5 Å². The fourth-order valence-corrected chi connectivity index (χ4v) is 2.92. The van der Waals surface area contributed by atoms with Gasteiger partial charge in [-0.25, -0.2) is 0 Å². The number of rotatable bonds is 6. The van der Waals surface area contributed by atoms with E-state index in [4.69, 9.17) is 14.2 Å². The molecule has 6 heteroatoms. The minimum atomic E-state index is -0.140. The quantitative estimate of drug-likeness (QED) is 0.777. The first-order valence-corrected chi connectivity index (χ1v) is 8.26. The SMILES string of the molecule is COc1ccc(NC(C)C=C2C(=O)Nc3cc(OC)c(OC)cc32)cc1. The molecule has 0 aromatic heterocycles. The van der Waals surface area contributed by atoms with Gasteiger partial charge in [-0.15, -0.1) is 0 Å². The molecule has 3 rings (SSSR count). The average molecular weight is 354 g/mol. The Morgan fingerprint density at radius 1 is 1.00 bits per heavy atom. The van der Waals surface area contributed by atoms with Gasteiger partial charge < -0.3 is 24.8 Å². The Balaban J connectivity index is 1.85. The molecule has 0 saturated heterocycles. The number of nitrogens with one attached hydrogen (secondary N) is 2. The molecule has 1 aliphatic rings. The zero-order valence-electron chi connectivity index (χ0n) is 15.3. The fraction of sp³-hybridized carbons (Fsp3) is 0.250. The molecule has 1 unspecified atom stereocenters. The largest absolute Gasteiger partial charge is 0.497 e. The smallest absolute Gasteiger partial charge is 0.256 e. The number of hydrogen-bond donors (Lipinski definition) is 2. The lowest BCUT2D eigenvalue weighted by Gasteiger charge is -2.13. The molecule has 0 saturated carbocycles. The van der Waals surface area contributed by atoms with Gasteiger partial charge in [0.25, 0.3) is 5.91 Å².